The molecule has 12 nitrogen and oxygen atoms in total. The van der Waals surface area contributed by atoms with Gasteiger partial charge < -0.3 is 31.9 Å². The Balaban J connectivity index is 3.24. The third-order valence-corrected chi connectivity index (χ3v) is 6.96. The van der Waals surface area contributed by atoms with Crippen LogP contribution in [0.25, 0.3) is 0 Å². The number of hydrogen-bond donors (Lipinski definition) is 5. The number of halogens is 2. The topological polar surface area (TPSA) is 180 Å². The van der Waals surface area contributed by atoms with Crippen LogP contribution in [0.1, 0.15) is 68.7 Å². The molecular weight excluding hydrogens is 563 g/mol. The van der Waals surface area contributed by atoms with Crippen molar-refractivity contribution in [2.45, 2.75) is 97.2 Å². The van der Waals surface area contributed by atoms with E-state index in [-0.39, 0.29) is 18.9 Å². The molecule has 0 aromatic rings. The molecule has 4 atom stereocenters. The van der Waals surface area contributed by atoms with Crippen molar-refractivity contribution in [2.75, 3.05) is 13.1 Å². The van der Waals surface area contributed by atoms with Gasteiger partial charge in [-0.3, -0.25) is 24.0 Å². The Bertz CT molecular complexity index is 999. The summed E-state index contributed by atoms with van der Waals surface area (Å²) in [6.45, 7) is 15.6. The van der Waals surface area contributed by atoms with Gasteiger partial charge in [-0.15, -0.1) is 23.2 Å². The molecule has 0 bridgehead atoms. The van der Waals surface area contributed by atoms with Gasteiger partial charge in [0.15, 0.2) is 0 Å². The number of likely N-dealkylation sites (tertiary alicyclic amines) is 1. The van der Waals surface area contributed by atoms with Gasteiger partial charge in [0.1, 0.15) is 23.0 Å². The van der Waals surface area contributed by atoms with Gasteiger partial charge in [-0.2, -0.15) is 0 Å². The van der Waals surface area contributed by atoms with Gasteiger partial charge in [0.25, 0.3) is 5.91 Å². The molecule has 1 aliphatic rings. The minimum atomic E-state index is -1.21. The van der Waals surface area contributed by atoms with Crippen molar-refractivity contribution in [1.82, 2.24) is 26.2 Å². The minimum Gasteiger partial charge on any atom is -0.363 e. The van der Waals surface area contributed by atoms with E-state index in [9.17, 15) is 28.8 Å². The average Bonchev–Trinajstić information content (AvgIpc) is 3.21. The fourth-order valence-corrected chi connectivity index (χ4v) is 4.79. The molecular formula is C26H44Cl2N6O6. The van der Waals surface area contributed by atoms with Crippen molar-refractivity contribution in [2.24, 2.45) is 22.5 Å². The Morgan fingerprint density at radius 1 is 0.875 bits per heavy atom. The summed E-state index contributed by atoms with van der Waals surface area (Å²) < 4.78 is 0. The first-order chi connectivity index (χ1) is 18.0. The van der Waals surface area contributed by atoms with Crippen LogP contribution in [-0.2, 0) is 24.0 Å². The first-order valence-electron chi connectivity index (χ1n) is 13.1. The number of nitrogens with zero attached hydrogens (tertiary/aromatic N) is 1. The maximum absolute atomic E-state index is 13.9. The van der Waals surface area contributed by atoms with Gasteiger partial charge >= 0.3 is 6.03 Å². The fourth-order valence-electron chi connectivity index (χ4n) is 4.26. The lowest BCUT2D eigenvalue weighted by molar-refractivity contribution is -0.143. The van der Waals surface area contributed by atoms with Gasteiger partial charge in [0, 0.05) is 18.0 Å². The largest absolute Gasteiger partial charge is 0.363 e. The number of hydrogen-bond acceptors (Lipinski definition) is 6. The van der Waals surface area contributed by atoms with Crippen LogP contribution < -0.4 is 27.0 Å². The Kier molecular flexibility index (Phi) is 11.8. The maximum Gasteiger partial charge on any atom is 0.316 e. The number of nitrogens with two attached hydrogens (primary N) is 1. The molecule has 6 N–H and O–H groups in total. The molecule has 1 fully saturated rings. The van der Waals surface area contributed by atoms with Crippen LogP contribution in [0.5, 0.6) is 0 Å². The van der Waals surface area contributed by atoms with Gasteiger partial charge in [0.05, 0.1) is 6.54 Å². The van der Waals surface area contributed by atoms with Crippen molar-refractivity contribution < 1.29 is 28.8 Å². The molecule has 40 heavy (non-hydrogen) atoms. The quantitative estimate of drug-likeness (QED) is 0.194. The number of alkyl halides is 2. The molecule has 228 valence electrons. The number of amides is 6. The number of nitrogens with one attached hydrogen (secondary N) is 4. The van der Waals surface area contributed by atoms with Crippen LogP contribution in [0.4, 0.5) is 4.79 Å². The Morgan fingerprint density at radius 2 is 1.38 bits per heavy atom. The van der Waals surface area contributed by atoms with Crippen molar-refractivity contribution >= 4 is 58.6 Å². The van der Waals surface area contributed by atoms with Crippen LogP contribution in [0.15, 0.2) is 0 Å². The van der Waals surface area contributed by atoms with E-state index in [0.29, 0.717) is 0 Å². The molecule has 0 unspecified atom stereocenters. The molecule has 0 spiro atoms. The molecule has 0 saturated carbocycles. The average molecular weight is 608 g/mol. The molecule has 6 amide bonds. The van der Waals surface area contributed by atoms with E-state index in [1.807, 2.05) is 20.8 Å². The second kappa shape index (κ2) is 13.4. The van der Waals surface area contributed by atoms with E-state index >= 15 is 0 Å². The van der Waals surface area contributed by atoms with Crippen LogP contribution >= 0.6 is 23.2 Å². The van der Waals surface area contributed by atoms with Gasteiger partial charge in [0.2, 0.25) is 23.5 Å². The normalized spacial score (nSPS) is 19.4. The number of Topliss-reactive ketones (excluding diaryl/α,β-unsaturated/α-hetero) is 1. The molecule has 1 aliphatic heterocycles. The SMILES string of the molecule is CC(C)(C)NC(=O)[C@@H](NC(=O)N[C@H](C(=O)N1CC[C@H](C(Cl)Cl)[C@H]1C(=O)NCC(=O)C(N)=O)C(C)(C)C)C(C)(C)C. The van der Waals surface area contributed by atoms with Gasteiger partial charge in [-0.05, 0) is 38.0 Å². The maximum atomic E-state index is 13.9. The second-order valence-corrected chi connectivity index (χ2v) is 14.4. The number of urea groups is 1. The summed E-state index contributed by atoms with van der Waals surface area (Å²) >= 11 is 12.2. The zero-order valence-corrected chi connectivity index (χ0v) is 26.2. The van der Waals surface area contributed by atoms with E-state index in [2.05, 4.69) is 21.3 Å². The van der Waals surface area contributed by atoms with E-state index in [1.165, 1.54) is 4.90 Å². The lowest BCUT2D eigenvalue weighted by Crippen LogP contribution is -2.63. The highest BCUT2D eigenvalue weighted by atomic mass is 35.5. The molecule has 1 saturated heterocycles. The summed E-state index contributed by atoms with van der Waals surface area (Å²) in [5.74, 6) is -4.58. The van der Waals surface area contributed by atoms with Crippen molar-refractivity contribution in [3.8, 4) is 0 Å². The summed E-state index contributed by atoms with van der Waals surface area (Å²) in [6, 6.07) is -3.95. The number of carbonyl (C=O) groups excluding carboxylic acids is 6. The van der Waals surface area contributed by atoms with E-state index in [4.69, 9.17) is 28.9 Å². The van der Waals surface area contributed by atoms with E-state index in [0.717, 1.165) is 0 Å². The van der Waals surface area contributed by atoms with Crippen molar-refractivity contribution in [3.63, 3.8) is 0 Å². The highest BCUT2D eigenvalue weighted by molar-refractivity contribution is 6.44. The smallest absolute Gasteiger partial charge is 0.316 e. The number of primary amides is 1. The van der Waals surface area contributed by atoms with Gasteiger partial charge in [-0.25, -0.2) is 4.79 Å². The van der Waals surface area contributed by atoms with E-state index < -0.39 is 81.3 Å². The highest BCUT2D eigenvalue weighted by Gasteiger charge is 2.48. The summed E-state index contributed by atoms with van der Waals surface area (Å²) in [5, 5.41) is 10.6. The van der Waals surface area contributed by atoms with Crippen molar-refractivity contribution in [1.29, 1.82) is 0 Å². The van der Waals surface area contributed by atoms with Crippen LogP contribution in [-0.4, -0.2) is 81.9 Å². The summed E-state index contributed by atoms with van der Waals surface area (Å²) in [7, 11) is 0. The summed E-state index contributed by atoms with van der Waals surface area (Å²) in [4.78, 5) is 76.1. The van der Waals surface area contributed by atoms with Crippen LogP contribution in [0.3, 0.4) is 0 Å². The van der Waals surface area contributed by atoms with Crippen LogP contribution in [0.2, 0.25) is 0 Å². The molecule has 0 aliphatic carbocycles. The first kappa shape index (κ1) is 35.4. The zero-order valence-electron chi connectivity index (χ0n) is 24.7. The first-order valence-corrected chi connectivity index (χ1v) is 13.9. The monoisotopic (exact) mass is 606 g/mol. The Labute approximate surface area is 246 Å². The van der Waals surface area contributed by atoms with Crippen molar-refractivity contribution in [3.05, 3.63) is 0 Å². The molecule has 0 aromatic heterocycles. The summed E-state index contributed by atoms with van der Waals surface area (Å²) in [5.41, 5.74) is 2.95. The molecule has 14 heteroatoms. The molecule has 1 rings (SSSR count). The lowest BCUT2D eigenvalue weighted by Gasteiger charge is -2.37. The second-order valence-electron chi connectivity index (χ2n) is 13.2. The van der Waals surface area contributed by atoms with E-state index in [1.54, 1.807) is 41.5 Å². The van der Waals surface area contributed by atoms with Gasteiger partial charge in [-0.1, -0.05) is 41.5 Å². The number of rotatable bonds is 9. The third kappa shape index (κ3) is 10.1. The minimum absolute atomic E-state index is 0.107. The third-order valence-electron chi connectivity index (χ3n) is 6.31. The number of ketones is 1. The molecule has 0 radical (unpaired) electrons. The lowest BCUT2D eigenvalue weighted by atomic mass is 9.85. The number of carbonyl (C=O) groups is 6. The molecule has 0 aromatic carbocycles. The highest BCUT2D eigenvalue weighted by Crippen LogP contribution is 2.34. The van der Waals surface area contributed by atoms with Crippen LogP contribution in [0, 0.1) is 16.7 Å². The molecule has 1 heterocycles. The predicted octanol–water partition coefficient (Wildman–Crippen LogP) is 1.22. The summed E-state index contributed by atoms with van der Waals surface area (Å²) in [6.07, 6.45) is 0.285. The Hall–Kier alpha value is -2.60. The fraction of sp³-hybridized carbons (Fsp3) is 0.769. The standard InChI is InChI=1S/C26H44Cl2N6O6/c1-24(2,3)16(21(38)33-26(7,8)9)31-23(40)32-17(25(4,5)6)22(39)34-11-10-13(18(27)28)15(34)20(37)30-12-14(35)19(29)36/h13,15-18H,10-12H2,1-9H3,(H2,29,36)(H,30,37)(H,33,38)(H2,31,32,40)/t13-,15-,16+,17+/m0/s1. The Morgan fingerprint density at radius 3 is 1.80 bits per heavy atom. The predicted molar refractivity (Wildman–Crippen MR) is 152 cm³/mol. The zero-order chi connectivity index (χ0) is 31.4.